The van der Waals surface area contributed by atoms with E-state index in [2.05, 4.69) is 158 Å². The van der Waals surface area contributed by atoms with Crippen LogP contribution in [0.25, 0.3) is 106 Å². The molecule has 9 aromatic carbocycles. The number of rotatable bonds is 8. The minimum absolute atomic E-state index is 0.573. The smallest absolute Gasteiger partial charge is 0.160 e. The Morgan fingerprint density at radius 1 is 0.358 bits per heavy atom. The van der Waals surface area contributed by atoms with E-state index in [-0.39, 0.29) is 0 Å². The summed E-state index contributed by atoms with van der Waals surface area (Å²) in [6, 6.07) is 78.1. The van der Waals surface area contributed by atoms with Gasteiger partial charge in [0, 0.05) is 38.6 Å². The van der Waals surface area contributed by atoms with Crippen molar-refractivity contribution in [2.75, 3.05) is 0 Å². The summed E-state index contributed by atoms with van der Waals surface area (Å²) in [5, 5.41) is 22.1. The van der Waals surface area contributed by atoms with Gasteiger partial charge in [-0.2, -0.15) is 10.5 Å². The van der Waals surface area contributed by atoms with Crippen molar-refractivity contribution < 1.29 is 0 Å². The minimum Gasteiger partial charge on any atom is -0.308 e. The van der Waals surface area contributed by atoms with E-state index in [1.807, 2.05) is 84.9 Å². The summed E-state index contributed by atoms with van der Waals surface area (Å²) in [6.45, 7) is 4.23. The molecule has 2 aromatic heterocycles. The van der Waals surface area contributed by atoms with Gasteiger partial charge in [0.25, 0.3) is 0 Å². The van der Waals surface area contributed by atoms with Crippen LogP contribution >= 0.6 is 0 Å². The van der Waals surface area contributed by atoms with Crippen LogP contribution in [-0.4, -0.2) is 14.5 Å². The van der Waals surface area contributed by atoms with Crippen LogP contribution in [0, 0.1) is 36.5 Å². The molecule has 0 fully saturated rings. The molecule has 5 nitrogen and oxygen atoms in total. The molecule has 0 spiro atoms. The Morgan fingerprint density at radius 2 is 0.746 bits per heavy atom. The van der Waals surface area contributed by atoms with E-state index in [0.29, 0.717) is 17.0 Å². The van der Waals surface area contributed by atoms with Gasteiger partial charge >= 0.3 is 0 Å². The molecule has 0 amide bonds. The molecule has 0 atom stereocenters. The standard InChI is InChI=1S/C62H41N5/c1-40-13-21-44(22-14-40)50-29-31-59-55(33-50)56-34-51(45-23-15-41(2)16-24-45)30-32-60(56)67(59)61-53(46-25-17-42(38-63)18-26-46)35-52(36-54(61)47-27-19-43(39-64)20-28-47)62-65-57(48-9-5-3-6-10-48)37-58(66-62)49-11-7-4-8-12-49/h3-37H,1-2H3. The maximum Gasteiger partial charge on any atom is 0.160 e. The van der Waals surface area contributed by atoms with Crippen molar-refractivity contribution in [3.8, 4) is 96.2 Å². The molecule has 0 aliphatic rings. The van der Waals surface area contributed by atoms with Crippen molar-refractivity contribution in [2.45, 2.75) is 13.8 Å². The normalized spacial score (nSPS) is 11.1. The largest absolute Gasteiger partial charge is 0.308 e. The predicted molar refractivity (Wildman–Crippen MR) is 273 cm³/mol. The van der Waals surface area contributed by atoms with E-state index in [9.17, 15) is 10.5 Å². The van der Waals surface area contributed by atoms with Crippen LogP contribution in [0.2, 0.25) is 0 Å². The van der Waals surface area contributed by atoms with Gasteiger partial charge in [-0.15, -0.1) is 0 Å². The fraction of sp³-hybridized carbons (Fsp3) is 0.0323. The average Bonchev–Trinajstić information content (AvgIpc) is 3.71. The van der Waals surface area contributed by atoms with Crippen LogP contribution in [0.3, 0.4) is 0 Å². The van der Waals surface area contributed by atoms with Gasteiger partial charge in [-0.05, 0) is 114 Å². The van der Waals surface area contributed by atoms with Crippen molar-refractivity contribution in [3.63, 3.8) is 0 Å². The third kappa shape index (κ3) is 7.72. The lowest BCUT2D eigenvalue weighted by molar-refractivity contribution is 1.17. The molecule has 5 heteroatoms. The van der Waals surface area contributed by atoms with E-state index in [0.717, 1.165) is 100 Å². The molecule has 0 aliphatic heterocycles. The number of nitriles is 2. The molecule has 0 N–H and O–H groups in total. The molecule has 0 radical (unpaired) electrons. The van der Waals surface area contributed by atoms with Crippen molar-refractivity contribution in [1.82, 2.24) is 14.5 Å². The molecule has 67 heavy (non-hydrogen) atoms. The molecule has 0 saturated carbocycles. The first kappa shape index (κ1) is 40.6. The van der Waals surface area contributed by atoms with Crippen LogP contribution in [0.15, 0.2) is 212 Å². The second-order valence-corrected chi connectivity index (χ2v) is 17.0. The molecule has 314 valence electrons. The number of fused-ring (bicyclic) bond motifs is 3. The first-order valence-corrected chi connectivity index (χ1v) is 22.3. The molecule has 11 rings (SSSR count). The molecule has 0 aliphatic carbocycles. The zero-order valence-corrected chi connectivity index (χ0v) is 36.9. The molecule has 0 unspecified atom stereocenters. The first-order valence-electron chi connectivity index (χ1n) is 22.3. The summed E-state index contributed by atoms with van der Waals surface area (Å²) in [6.07, 6.45) is 0. The van der Waals surface area contributed by atoms with E-state index in [4.69, 9.17) is 9.97 Å². The van der Waals surface area contributed by atoms with Crippen LogP contribution in [-0.2, 0) is 0 Å². The zero-order valence-electron chi connectivity index (χ0n) is 36.9. The maximum atomic E-state index is 9.95. The van der Waals surface area contributed by atoms with Gasteiger partial charge in [-0.25, -0.2) is 9.97 Å². The van der Waals surface area contributed by atoms with Gasteiger partial charge in [0.1, 0.15) is 0 Å². The highest BCUT2D eigenvalue weighted by molar-refractivity contribution is 6.13. The Hall–Kier alpha value is -9.16. The summed E-state index contributed by atoms with van der Waals surface area (Å²) in [4.78, 5) is 10.6. The topological polar surface area (TPSA) is 78.3 Å². The fourth-order valence-electron chi connectivity index (χ4n) is 9.10. The number of nitrogens with zero attached hydrogens (tertiary/aromatic N) is 5. The molecular weight excluding hydrogens is 815 g/mol. The minimum atomic E-state index is 0.573. The summed E-state index contributed by atoms with van der Waals surface area (Å²) in [5.41, 5.74) is 19.3. The number of hydrogen-bond donors (Lipinski definition) is 0. The van der Waals surface area contributed by atoms with Crippen LogP contribution in [0.4, 0.5) is 0 Å². The van der Waals surface area contributed by atoms with Crippen molar-refractivity contribution in [1.29, 1.82) is 10.5 Å². The Kier molecular flexibility index (Phi) is 10.4. The molecular formula is C62H41N5. The first-order chi connectivity index (χ1) is 32.9. The lowest BCUT2D eigenvalue weighted by Gasteiger charge is -2.21. The van der Waals surface area contributed by atoms with Gasteiger partial charge in [0.2, 0.25) is 0 Å². The monoisotopic (exact) mass is 855 g/mol. The van der Waals surface area contributed by atoms with E-state index in [1.165, 1.54) is 11.1 Å². The van der Waals surface area contributed by atoms with Crippen molar-refractivity contribution >= 4 is 21.8 Å². The molecule has 2 heterocycles. The Labute approximate surface area is 389 Å². The second kappa shape index (κ2) is 17.1. The van der Waals surface area contributed by atoms with Crippen LogP contribution in [0.5, 0.6) is 0 Å². The summed E-state index contributed by atoms with van der Waals surface area (Å²) < 4.78 is 2.39. The number of hydrogen-bond acceptors (Lipinski definition) is 4. The number of aromatic nitrogens is 3. The summed E-state index contributed by atoms with van der Waals surface area (Å²) >= 11 is 0. The van der Waals surface area contributed by atoms with Crippen LogP contribution < -0.4 is 0 Å². The third-order valence-corrected chi connectivity index (χ3v) is 12.6. The summed E-state index contributed by atoms with van der Waals surface area (Å²) in [5.74, 6) is 0.573. The average molecular weight is 856 g/mol. The zero-order chi connectivity index (χ0) is 45.4. The predicted octanol–water partition coefficient (Wildman–Crippen LogP) is 15.6. The lowest BCUT2D eigenvalue weighted by atomic mass is 9.91. The third-order valence-electron chi connectivity index (χ3n) is 12.6. The second-order valence-electron chi connectivity index (χ2n) is 17.0. The Balaban J connectivity index is 1.25. The fourth-order valence-corrected chi connectivity index (χ4v) is 9.10. The highest BCUT2D eigenvalue weighted by Gasteiger charge is 2.24. The molecule has 0 bridgehead atoms. The summed E-state index contributed by atoms with van der Waals surface area (Å²) in [7, 11) is 0. The Morgan fingerprint density at radius 3 is 1.15 bits per heavy atom. The van der Waals surface area contributed by atoms with E-state index < -0.39 is 0 Å². The number of aryl methyl sites for hydroxylation is 2. The maximum absolute atomic E-state index is 9.95. The van der Waals surface area contributed by atoms with E-state index >= 15 is 0 Å². The molecule has 0 saturated heterocycles. The van der Waals surface area contributed by atoms with E-state index in [1.54, 1.807) is 0 Å². The van der Waals surface area contributed by atoms with Crippen LogP contribution in [0.1, 0.15) is 22.3 Å². The van der Waals surface area contributed by atoms with Crippen molar-refractivity contribution in [2.24, 2.45) is 0 Å². The van der Waals surface area contributed by atoms with Crippen molar-refractivity contribution in [3.05, 3.63) is 235 Å². The highest BCUT2D eigenvalue weighted by Crippen LogP contribution is 2.45. The number of benzene rings is 9. The van der Waals surface area contributed by atoms with Gasteiger partial charge in [-0.1, -0.05) is 157 Å². The lowest BCUT2D eigenvalue weighted by Crippen LogP contribution is -2.03. The quantitative estimate of drug-likeness (QED) is 0.152. The highest BCUT2D eigenvalue weighted by atomic mass is 15.0. The van der Waals surface area contributed by atoms with Gasteiger partial charge < -0.3 is 4.57 Å². The van der Waals surface area contributed by atoms with Gasteiger partial charge in [0.15, 0.2) is 5.82 Å². The SMILES string of the molecule is Cc1ccc(-c2ccc3c(c2)c2cc(-c4ccc(C)cc4)ccc2n3-c2c(-c3ccc(C#N)cc3)cc(-c3nc(-c4ccccc4)cc(-c4ccccc4)n3)cc2-c2ccc(C#N)cc2)cc1. The van der Waals surface area contributed by atoms with Gasteiger partial charge in [-0.3, -0.25) is 0 Å². The molecule has 11 aromatic rings. The van der Waals surface area contributed by atoms with Gasteiger partial charge in [0.05, 0.1) is 51.4 Å². The Bertz CT molecular complexity index is 3490.